The minimum absolute atomic E-state index is 0.0582. The molecule has 0 heterocycles. The zero-order valence-electron chi connectivity index (χ0n) is 12.0. The van der Waals surface area contributed by atoms with E-state index in [0.29, 0.717) is 22.3 Å². The second-order valence-electron chi connectivity index (χ2n) is 4.81. The number of hydrogen-bond acceptors (Lipinski definition) is 4. The first-order valence-electron chi connectivity index (χ1n) is 6.16. The standard InChI is InChI=1S/C8H10O2.C8H8O2/c2*1-5-3-8(10)6(2)4-7(5)9/h3-4,9-10H,1-2H3;3-4H,1-2H3. The summed E-state index contributed by atoms with van der Waals surface area (Å²) in [6, 6.07) is 3.09. The molecule has 1 aliphatic rings. The van der Waals surface area contributed by atoms with Crippen molar-refractivity contribution in [2.24, 2.45) is 0 Å². The number of hydrogen-bond donors (Lipinski definition) is 2. The molecule has 1 aromatic carbocycles. The molecule has 4 nitrogen and oxygen atoms in total. The van der Waals surface area contributed by atoms with E-state index in [-0.39, 0.29) is 23.1 Å². The predicted octanol–water partition coefficient (Wildman–Crippen LogP) is 2.75. The summed E-state index contributed by atoms with van der Waals surface area (Å²) in [6.07, 6.45) is 2.75. The van der Waals surface area contributed by atoms with Gasteiger partial charge in [-0.25, -0.2) is 0 Å². The predicted molar refractivity (Wildman–Crippen MR) is 76.8 cm³/mol. The van der Waals surface area contributed by atoms with E-state index in [9.17, 15) is 9.59 Å². The highest BCUT2D eigenvalue weighted by molar-refractivity contribution is 6.19. The Morgan fingerprint density at radius 3 is 1.30 bits per heavy atom. The van der Waals surface area contributed by atoms with Crippen LogP contribution in [0.1, 0.15) is 25.0 Å². The van der Waals surface area contributed by atoms with Gasteiger partial charge in [0.05, 0.1) is 0 Å². The van der Waals surface area contributed by atoms with Gasteiger partial charge >= 0.3 is 0 Å². The van der Waals surface area contributed by atoms with Gasteiger partial charge in [0.25, 0.3) is 0 Å². The third kappa shape index (κ3) is 3.82. The van der Waals surface area contributed by atoms with E-state index in [1.54, 1.807) is 39.8 Å². The maximum atomic E-state index is 10.9. The molecule has 0 amide bonds. The molecule has 1 aromatic rings. The highest BCUT2D eigenvalue weighted by Gasteiger charge is 2.12. The summed E-state index contributed by atoms with van der Waals surface area (Å²) in [7, 11) is 0. The molecule has 0 atom stereocenters. The van der Waals surface area contributed by atoms with Gasteiger partial charge in [-0.1, -0.05) is 0 Å². The number of carbonyl (C=O) groups is 2. The number of benzene rings is 1. The number of allylic oxidation sites excluding steroid dienone is 4. The Hall–Kier alpha value is -2.36. The fraction of sp³-hybridized carbons (Fsp3) is 0.250. The lowest BCUT2D eigenvalue weighted by atomic mass is 10.00. The van der Waals surface area contributed by atoms with Gasteiger partial charge in [0.2, 0.25) is 0 Å². The summed E-state index contributed by atoms with van der Waals surface area (Å²) < 4.78 is 0. The van der Waals surface area contributed by atoms with E-state index in [1.165, 1.54) is 12.2 Å². The lowest BCUT2D eigenvalue weighted by Crippen LogP contribution is -2.08. The molecular weight excluding hydrogens is 256 g/mol. The van der Waals surface area contributed by atoms with Gasteiger partial charge in [-0.15, -0.1) is 0 Å². The Morgan fingerprint density at radius 2 is 1.00 bits per heavy atom. The topological polar surface area (TPSA) is 74.6 Å². The van der Waals surface area contributed by atoms with Crippen LogP contribution < -0.4 is 0 Å². The Morgan fingerprint density at radius 1 is 0.700 bits per heavy atom. The van der Waals surface area contributed by atoms with E-state index in [2.05, 4.69) is 0 Å². The van der Waals surface area contributed by atoms with Crippen LogP contribution in [0, 0.1) is 13.8 Å². The molecule has 0 aromatic heterocycles. The van der Waals surface area contributed by atoms with Crippen molar-refractivity contribution < 1.29 is 19.8 Å². The molecule has 0 aliphatic heterocycles. The maximum Gasteiger partial charge on any atom is 0.182 e. The first kappa shape index (κ1) is 15.7. The van der Waals surface area contributed by atoms with Crippen LogP contribution in [0.25, 0.3) is 0 Å². The zero-order chi connectivity index (χ0) is 15.4. The highest BCUT2D eigenvalue weighted by atomic mass is 16.3. The molecular formula is C16H18O4. The number of rotatable bonds is 0. The second-order valence-corrected chi connectivity index (χ2v) is 4.81. The largest absolute Gasteiger partial charge is 0.508 e. The smallest absolute Gasteiger partial charge is 0.182 e. The first-order chi connectivity index (χ1) is 9.22. The molecule has 2 N–H and O–H groups in total. The van der Waals surface area contributed by atoms with Crippen LogP contribution in [0.2, 0.25) is 0 Å². The van der Waals surface area contributed by atoms with Crippen molar-refractivity contribution in [3.63, 3.8) is 0 Å². The van der Waals surface area contributed by atoms with Crippen molar-refractivity contribution in [1.82, 2.24) is 0 Å². The lowest BCUT2D eigenvalue weighted by molar-refractivity contribution is -0.115. The van der Waals surface area contributed by atoms with Crippen LogP contribution in [-0.2, 0) is 9.59 Å². The Bertz CT molecular complexity index is 543. The molecule has 0 spiro atoms. The van der Waals surface area contributed by atoms with E-state index < -0.39 is 0 Å². The number of phenolic OH excluding ortho intramolecular Hbond substituents is 2. The van der Waals surface area contributed by atoms with Crippen molar-refractivity contribution in [1.29, 1.82) is 0 Å². The Labute approximate surface area is 118 Å². The number of ketones is 2. The minimum atomic E-state index is -0.0582. The zero-order valence-corrected chi connectivity index (χ0v) is 12.0. The van der Waals surface area contributed by atoms with Crippen molar-refractivity contribution in [3.05, 3.63) is 46.6 Å². The molecule has 0 unspecified atom stereocenters. The summed E-state index contributed by atoms with van der Waals surface area (Å²) in [4.78, 5) is 21.7. The lowest BCUT2D eigenvalue weighted by Gasteiger charge is -2.03. The summed E-state index contributed by atoms with van der Waals surface area (Å²) in [5, 5.41) is 18.2. The molecule has 0 radical (unpaired) electrons. The maximum absolute atomic E-state index is 10.9. The molecule has 0 bridgehead atoms. The second kappa shape index (κ2) is 6.19. The first-order valence-corrected chi connectivity index (χ1v) is 6.16. The fourth-order valence-electron chi connectivity index (χ4n) is 1.55. The van der Waals surface area contributed by atoms with Crippen LogP contribution in [-0.4, -0.2) is 21.8 Å². The van der Waals surface area contributed by atoms with Crippen molar-refractivity contribution in [2.75, 3.05) is 0 Å². The van der Waals surface area contributed by atoms with Crippen LogP contribution >= 0.6 is 0 Å². The van der Waals surface area contributed by atoms with Gasteiger partial charge in [0.1, 0.15) is 11.5 Å². The summed E-state index contributed by atoms with van der Waals surface area (Å²) in [6.45, 7) is 6.77. The average Bonchev–Trinajstić information content (AvgIpc) is 2.35. The monoisotopic (exact) mass is 274 g/mol. The molecule has 4 heteroatoms. The van der Waals surface area contributed by atoms with Gasteiger partial charge in [-0.05, 0) is 63.1 Å². The number of aromatic hydroxyl groups is 2. The summed E-state index contributed by atoms with van der Waals surface area (Å²) >= 11 is 0. The number of carbonyl (C=O) groups excluding carboxylic acids is 2. The fourth-order valence-corrected chi connectivity index (χ4v) is 1.55. The van der Waals surface area contributed by atoms with Gasteiger partial charge < -0.3 is 10.2 Å². The molecule has 0 saturated heterocycles. The average molecular weight is 274 g/mol. The summed E-state index contributed by atoms with van der Waals surface area (Å²) in [5.41, 5.74) is 2.44. The van der Waals surface area contributed by atoms with Gasteiger partial charge in [-0.3, -0.25) is 9.59 Å². The van der Waals surface area contributed by atoms with Crippen LogP contribution in [0.15, 0.2) is 35.4 Å². The van der Waals surface area contributed by atoms with E-state index in [1.807, 2.05) is 0 Å². The van der Waals surface area contributed by atoms with Gasteiger partial charge in [-0.2, -0.15) is 0 Å². The molecule has 1 aliphatic carbocycles. The van der Waals surface area contributed by atoms with Crippen LogP contribution in [0.5, 0.6) is 11.5 Å². The number of phenols is 2. The van der Waals surface area contributed by atoms with Gasteiger partial charge in [0.15, 0.2) is 11.6 Å². The summed E-state index contributed by atoms with van der Waals surface area (Å²) in [5.74, 6) is 0.347. The van der Waals surface area contributed by atoms with Crippen molar-refractivity contribution >= 4 is 11.6 Å². The third-order valence-electron chi connectivity index (χ3n) is 2.99. The molecule has 0 fully saturated rings. The molecule has 20 heavy (non-hydrogen) atoms. The SMILES string of the molecule is CC1=CC(=O)C(C)=CC1=O.Cc1cc(O)c(C)cc1O. The quantitative estimate of drug-likeness (QED) is 0.563. The molecule has 106 valence electrons. The minimum Gasteiger partial charge on any atom is -0.508 e. The third-order valence-corrected chi connectivity index (χ3v) is 2.99. The van der Waals surface area contributed by atoms with Crippen LogP contribution in [0.3, 0.4) is 0 Å². The molecule has 2 rings (SSSR count). The van der Waals surface area contributed by atoms with Crippen LogP contribution in [0.4, 0.5) is 0 Å². The normalized spacial score (nSPS) is 14.2. The van der Waals surface area contributed by atoms with E-state index in [0.717, 1.165) is 0 Å². The Kier molecular flexibility index (Phi) is 4.86. The van der Waals surface area contributed by atoms with Crippen molar-refractivity contribution in [2.45, 2.75) is 27.7 Å². The van der Waals surface area contributed by atoms with Gasteiger partial charge in [0, 0.05) is 11.1 Å². The van der Waals surface area contributed by atoms with E-state index in [4.69, 9.17) is 10.2 Å². The Balaban J connectivity index is 0.000000200. The highest BCUT2D eigenvalue weighted by Crippen LogP contribution is 2.25. The number of aryl methyl sites for hydroxylation is 2. The molecule has 0 saturated carbocycles. The van der Waals surface area contributed by atoms with E-state index >= 15 is 0 Å². The van der Waals surface area contributed by atoms with Crippen molar-refractivity contribution in [3.8, 4) is 11.5 Å².